The summed E-state index contributed by atoms with van der Waals surface area (Å²) in [6.07, 6.45) is -1.47. The number of ether oxygens (including phenoxy) is 2. The summed E-state index contributed by atoms with van der Waals surface area (Å²) in [6.45, 7) is 3.07. The van der Waals surface area contributed by atoms with Crippen molar-refractivity contribution in [2.75, 3.05) is 11.9 Å². The predicted octanol–water partition coefficient (Wildman–Crippen LogP) is 2.39. The molecule has 0 fully saturated rings. The Hall–Kier alpha value is -3.24. The number of esters is 1. The third-order valence-corrected chi connectivity index (χ3v) is 2.48. The van der Waals surface area contributed by atoms with Crippen molar-refractivity contribution in [2.45, 2.75) is 26.4 Å². The van der Waals surface area contributed by atoms with Crippen LogP contribution >= 0.6 is 0 Å². The SMILES string of the molecule is CC(C)OC(=O)CCOC(=O)Nc1cc([N+](=O)[O-])cc([N+](=O)[O-])c1. The molecule has 0 aliphatic carbocycles. The number of nitro groups is 2. The summed E-state index contributed by atoms with van der Waals surface area (Å²) in [5.74, 6) is -0.552. The van der Waals surface area contributed by atoms with Gasteiger partial charge in [-0.15, -0.1) is 0 Å². The molecule has 0 spiro atoms. The van der Waals surface area contributed by atoms with Crippen LogP contribution in [0.5, 0.6) is 0 Å². The number of hydrogen-bond acceptors (Lipinski definition) is 8. The molecule has 0 atom stereocenters. The molecule has 0 aliphatic rings. The van der Waals surface area contributed by atoms with Crippen LogP contribution in [0.3, 0.4) is 0 Å². The number of nitrogens with one attached hydrogen (secondary N) is 1. The molecule has 1 aromatic rings. The normalized spacial score (nSPS) is 10.1. The van der Waals surface area contributed by atoms with Crippen molar-refractivity contribution < 1.29 is 28.9 Å². The van der Waals surface area contributed by atoms with E-state index in [1.807, 2.05) is 0 Å². The summed E-state index contributed by atoms with van der Waals surface area (Å²) in [5.41, 5.74) is -1.29. The van der Waals surface area contributed by atoms with E-state index in [9.17, 15) is 29.8 Å². The van der Waals surface area contributed by atoms with Gasteiger partial charge in [-0.2, -0.15) is 0 Å². The van der Waals surface area contributed by atoms with Gasteiger partial charge < -0.3 is 9.47 Å². The first kappa shape index (κ1) is 18.8. The molecular weight excluding hydrogens is 326 g/mol. The number of nitrogens with zero attached hydrogens (tertiary/aromatic N) is 2. The minimum Gasteiger partial charge on any atom is -0.463 e. The Kier molecular flexibility index (Phi) is 6.59. The van der Waals surface area contributed by atoms with Crippen LogP contribution < -0.4 is 5.32 Å². The Morgan fingerprint density at radius 3 is 2.12 bits per heavy atom. The van der Waals surface area contributed by atoms with Crippen LogP contribution in [-0.2, 0) is 14.3 Å². The summed E-state index contributed by atoms with van der Waals surface area (Å²) >= 11 is 0. The van der Waals surface area contributed by atoms with Crippen LogP contribution in [0.15, 0.2) is 18.2 Å². The molecule has 1 aromatic carbocycles. The standard InChI is InChI=1S/C13H15N3O8/c1-8(2)24-12(17)3-4-23-13(18)14-9-5-10(15(19)20)7-11(6-9)16(21)22/h5-8H,3-4H2,1-2H3,(H,14,18). The number of rotatable bonds is 7. The average molecular weight is 341 g/mol. The zero-order valence-electron chi connectivity index (χ0n) is 12.9. The Morgan fingerprint density at radius 2 is 1.67 bits per heavy atom. The molecular formula is C13H15N3O8. The fourth-order valence-electron chi connectivity index (χ4n) is 1.58. The van der Waals surface area contributed by atoms with E-state index in [1.165, 1.54) is 0 Å². The van der Waals surface area contributed by atoms with Gasteiger partial charge in [0.2, 0.25) is 0 Å². The van der Waals surface area contributed by atoms with E-state index in [-0.39, 0.29) is 24.8 Å². The van der Waals surface area contributed by atoms with E-state index < -0.39 is 33.3 Å². The molecule has 1 amide bonds. The third-order valence-electron chi connectivity index (χ3n) is 2.48. The number of hydrogen-bond donors (Lipinski definition) is 1. The highest BCUT2D eigenvalue weighted by Crippen LogP contribution is 2.25. The second-order valence-electron chi connectivity index (χ2n) is 4.80. The number of amides is 1. The van der Waals surface area contributed by atoms with Crippen molar-refractivity contribution in [2.24, 2.45) is 0 Å². The number of anilines is 1. The first-order valence-corrected chi connectivity index (χ1v) is 6.76. The van der Waals surface area contributed by atoms with Crippen molar-refractivity contribution in [1.29, 1.82) is 0 Å². The van der Waals surface area contributed by atoms with Crippen molar-refractivity contribution >= 4 is 29.1 Å². The van der Waals surface area contributed by atoms with Crippen molar-refractivity contribution in [1.82, 2.24) is 0 Å². The van der Waals surface area contributed by atoms with E-state index in [0.29, 0.717) is 0 Å². The molecule has 0 aliphatic heterocycles. The van der Waals surface area contributed by atoms with E-state index in [4.69, 9.17) is 9.47 Å². The topological polar surface area (TPSA) is 151 Å². The van der Waals surface area contributed by atoms with Crippen LogP contribution in [0.25, 0.3) is 0 Å². The van der Waals surface area contributed by atoms with Crippen molar-refractivity contribution in [3.8, 4) is 0 Å². The van der Waals surface area contributed by atoms with E-state index in [1.54, 1.807) is 13.8 Å². The van der Waals surface area contributed by atoms with Gasteiger partial charge in [0.1, 0.15) is 6.61 Å². The molecule has 1 rings (SSSR count). The molecule has 0 bridgehead atoms. The average Bonchev–Trinajstić information content (AvgIpc) is 2.45. The molecule has 0 radical (unpaired) electrons. The number of carbonyl (C=O) groups excluding carboxylic acids is 2. The van der Waals surface area contributed by atoms with Gasteiger partial charge in [0.25, 0.3) is 11.4 Å². The van der Waals surface area contributed by atoms with Crippen LogP contribution in [0, 0.1) is 20.2 Å². The van der Waals surface area contributed by atoms with Gasteiger partial charge in [0.05, 0.1) is 34.1 Å². The number of nitro benzene ring substituents is 2. The Bertz CT molecular complexity index is 626. The number of carbonyl (C=O) groups is 2. The molecule has 24 heavy (non-hydrogen) atoms. The quantitative estimate of drug-likeness (QED) is 0.451. The van der Waals surface area contributed by atoms with Gasteiger partial charge in [-0.1, -0.05) is 0 Å². The monoisotopic (exact) mass is 341 g/mol. The molecule has 0 saturated heterocycles. The van der Waals surface area contributed by atoms with Gasteiger partial charge in [-0.25, -0.2) is 4.79 Å². The lowest BCUT2D eigenvalue weighted by molar-refractivity contribution is -0.394. The van der Waals surface area contributed by atoms with Crippen molar-refractivity contribution in [3.05, 3.63) is 38.4 Å². The Balaban J connectivity index is 2.65. The lowest BCUT2D eigenvalue weighted by Gasteiger charge is -2.09. The van der Waals surface area contributed by atoms with Crippen LogP contribution in [0.1, 0.15) is 20.3 Å². The van der Waals surface area contributed by atoms with Gasteiger partial charge >= 0.3 is 12.1 Å². The largest absolute Gasteiger partial charge is 0.463 e. The van der Waals surface area contributed by atoms with Gasteiger partial charge in [0, 0.05) is 12.1 Å². The lowest BCUT2D eigenvalue weighted by Crippen LogP contribution is -2.18. The maximum Gasteiger partial charge on any atom is 0.411 e. The van der Waals surface area contributed by atoms with E-state index in [2.05, 4.69) is 5.32 Å². The van der Waals surface area contributed by atoms with Crippen LogP contribution in [0.4, 0.5) is 21.9 Å². The van der Waals surface area contributed by atoms with Gasteiger partial charge in [-0.05, 0) is 13.8 Å². The number of non-ortho nitro benzene ring substituents is 2. The molecule has 1 N–H and O–H groups in total. The third kappa shape index (κ3) is 6.25. The minimum absolute atomic E-state index is 0.166. The summed E-state index contributed by atoms with van der Waals surface area (Å²) in [6, 6.07) is 2.65. The first-order chi connectivity index (χ1) is 11.2. The summed E-state index contributed by atoms with van der Waals surface area (Å²) in [7, 11) is 0. The first-order valence-electron chi connectivity index (χ1n) is 6.76. The van der Waals surface area contributed by atoms with Gasteiger partial charge in [0.15, 0.2) is 0 Å². The Labute approximate surface area is 135 Å². The second kappa shape index (κ2) is 8.41. The smallest absolute Gasteiger partial charge is 0.411 e. The fraction of sp³-hybridized carbons (Fsp3) is 0.385. The molecule has 11 heteroatoms. The lowest BCUT2D eigenvalue weighted by atomic mass is 10.2. The zero-order valence-corrected chi connectivity index (χ0v) is 12.9. The molecule has 0 saturated carbocycles. The summed E-state index contributed by atoms with van der Waals surface area (Å²) in [4.78, 5) is 42.6. The van der Waals surface area contributed by atoms with Crippen molar-refractivity contribution in [3.63, 3.8) is 0 Å². The predicted molar refractivity (Wildman–Crippen MR) is 80.6 cm³/mol. The van der Waals surface area contributed by atoms with E-state index in [0.717, 1.165) is 18.2 Å². The molecule has 0 aromatic heterocycles. The highest BCUT2D eigenvalue weighted by Gasteiger charge is 2.18. The fourth-order valence-corrected chi connectivity index (χ4v) is 1.58. The van der Waals surface area contributed by atoms with Gasteiger partial charge in [-0.3, -0.25) is 30.3 Å². The van der Waals surface area contributed by atoms with E-state index >= 15 is 0 Å². The minimum atomic E-state index is -1.01. The maximum atomic E-state index is 11.6. The summed E-state index contributed by atoms with van der Waals surface area (Å²) < 4.78 is 9.54. The molecule has 0 heterocycles. The highest BCUT2D eigenvalue weighted by molar-refractivity contribution is 5.86. The second-order valence-corrected chi connectivity index (χ2v) is 4.80. The maximum absolute atomic E-state index is 11.6. The highest BCUT2D eigenvalue weighted by atomic mass is 16.6. The molecule has 130 valence electrons. The van der Waals surface area contributed by atoms with Crippen LogP contribution in [0.2, 0.25) is 0 Å². The zero-order chi connectivity index (χ0) is 18.3. The van der Waals surface area contributed by atoms with Crippen LogP contribution in [-0.4, -0.2) is 34.6 Å². The Morgan fingerprint density at radius 1 is 1.12 bits per heavy atom. The molecule has 11 nitrogen and oxygen atoms in total. The molecule has 0 unspecified atom stereocenters. The summed E-state index contributed by atoms with van der Waals surface area (Å²) in [5, 5.41) is 23.6. The number of benzene rings is 1.